The number of carbonyl (C=O) groups excluding carboxylic acids is 1. The van der Waals surface area contributed by atoms with E-state index < -0.39 is 0 Å². The van der Waals surface area contributed by atoms with Crippen molar-refractivity contribution in [1.29, 1.82) is 0 Å². The lowest BCUT2D eigenvalue weighted by molar-refractivity contribution is 0.0917. The van der Waals surface area contributed by atoms with Gasteiger partial charge in [-0.2, -0.15) is 0 Å². The van der Waals surface area contributed by atoms with Crippen LogP contribution in [0.2, 0.25) is 0 Å². The van der Waals surface area contributed by atoms with Crippen molar-refractivity contribution in [2.45, 2.75) is 71.3 Å². The highest BCUT2D eigenvalue weighted by molar-refractivity contribution is 7.10. The number of carbonyl (C=O) groups is 1. The fourth-order valence-electron chi connectivity index (χ4n) is 2.70. The zero-order valence-corrected chi connectivity index (χ0v) is 13.8. The second-order valence-electron chi connectivity index (χ2n) is 6.89. The Hall–Kier alpha value is -0.900. The maximum atomic E-state index is 12.2. The van der Waals surface area contributed by atoms with E-state index in [0.717, 1.165) is 23.8 Å². The van der Waals surface area contributed by atoms with Crippen LogP contribution < -0.4 is 5.32 Å². The molecule has 112 valence electrons. The van der Waals surface area contributed by atoms with Gasteiger partial charge in [-0.25, -0.2) is 4.98 Å². The van der Waals surface area contributed by atoms with Crippen LogP contribution in [0.25, 0.3) is 0 Å². The SMILES string of the molecule is CCC1CCC(NC(=O)c2csc(C(C)(C)C)n2)CC1. The number of hydrogen-bond donors (Lipinski definition) is 1. The normalized spacial score (nSPS) is 23.6. The summed E-state index contributed by atoms with van der Waals surface area (Å²) in [6.45, 7) is 8.63. The van der Waals surface area contributed by atoms with Gasteiger partial charge < -0.3 is 5.32 Å². The van der Waals surface area contributed by atoms with Crippen molar-refractivity contribution >= 4 is 17.2 Å². The van der Waals surface area contributed by atoms with E-state index in [2.05, 4.69) is 38.0 Å². The Morgan fingerprint density at radius 3 is 2.50 bits per heavy atom. The number of hydrogen-bond acceptors (Lipinski definition) is 3. The van der Waals surface area contributed by atoms with Gasteiger partial charge in [-0.1, -0.05) is 34.1 Å². The molecule has 0 atom stereocenters. The van der Waals surface area contributed by atoms with Crippen LogP contribution in [-0.4, -0.2) is 16.9 Å². The van der Waals surface area contributed by atoms with Gasteiger partial charge in [0.05, 0.1) is 5.01 Å². The smallest absolute Gasteiger partial charge is 0.270 e. The van der Waals surface area contributed by atoms with Crippen LogP contribution in [0.4, 0.5) is 0 Å². The highest BCUT2D eigenvalue weighted by Gasteiger charge is 2.24. The van der Waals surface area contributed by atoms with E-state index in [9.17, 15) is 4.79 Å². The molecule has 0 aliphatic heterocycles. The topological polar surface area (TPSA) is 42.0 Å². The standard InChI is InChI=1S/C16H26N2OS/c1-5-11-6-8-12(9-7-11)17-14(19)13-10-20-15(18-13)16(2,3)4/h10-12H,5-9H2,1-4H3,(H,17,19). The fraction of sp³-hybridized carbons (Fsp3) is 0.750. The van der Waals surface area contributed by atoms with E-state index in [4.69, 9.17) is 0 Å². The summed E-state index contributed by atoms with van der Waals surface area (Å²) in [5, 5.41) is 6.06. The highest BCUT2D eigenvalue weighted by Crippen LogP contribution is 2.28. The average Bonchev–Trinajstić information content (AvgIpc) is 2.89. The molecule has 1 aromatic heterocycles. The molecular formula is C16H26N2OS. The van der Waals surface area contributed by atoms with Gasteiger partial charge >= 0.3 is 0 Å². The molecule has 1 N–H and O–H groups in total. The van der Waals surface area contributed by atoms with Crippen LogP contribution in [0, 0.1) is 5.92 Å². The summed E-state index contributed by atoms with van der Waals surface area (Å²) in [7, 11) is 0. The van der Waals surface area contributed by atoms with E-state index in [-0.39, 0.29) is 11.3 Å². The number of nitrogens with zero attached hydrogens (tertiary/aromatic N) is 1. The Morgan fingerprint density at radius 2 is 2.00 bits per heavy atom. The monoisotopic (exact) mass is 294 g/mol. The third kappa shape index (κ3) is 3.81. The number of aromatic nitrogens is 1. The molecule has 0 bridgehead atoms. The third-order valence-corrected chi connectivity index (χ3v) is 5.41. The Morgan fingerprint density at radius 1 is 1.35 bits per heavy atom. The Balaban J connectivity index is 1.91. The first-order valence-corrected chi connectivity index (χ1v) is 8.55. The molecular weight excluding hydrogens is 268 g/mol. The number of amides is 1. The zero-order valence-electron chi connectivity index (χ0n) is 13.0. The van der Waals surface area contributed by atoms with Crippen LogP contribution >= 0.6 is 11.3 Å². The van der Waals surface area contributed by atoms with E-state index in [0.29, 0.717) is 11.7 Å². The predicted octanol–water partition coefficient (Wildman–Crippen LogP) is 4.14. The lowest BCUT2D eigenvalue weighted by Crippen LogP contribution is -2.37. The third-order valence-electron chi connectivity index (χ3n) is 4.14. The van der Waals surface area contributed by atoms with Crippen molar-refractivity contribution in [1.82, 2.24) is 10.3 Å². The lowest BCUT2D eigenvalue weighted by atomic mass is 9.84. The molecule has 0 radical (unpaired) electrons. The van der Waals surface area contributed by atoms with Crippen molar-refractivity contribution in [2.75, 3.05) is 0 Å². The van der Waals surface area contributed by atoms with E-state index in [1.54, 1.807) is 11.3 Å². The summed E-state index contributed by atoms with van der Waals surface area (Å²) < 4.78 is 0. The summed E-state index contributed by atoms with van der Waals surface area (Å²) in [6, 6.07) is 0.338. The molecule has 20 heavy (non-hydrogen) atoms. The van der Waals surface area contributed by atoms with Gasteiger partial charge in [0.1, 0.15) is 5.69 Å². The van der Waals surface area contributed by atoms with E-state index in [1.807, 2.05) is 5.38 Å². The second kappa shape index (κ2) is 6.25. The summed E-state index contributed by atoms with van der Waals surface area (Å²) in [4.78, 5) is 16.7. The molecule has 0 spiro atoms. The molecule has 1 amide bonds. The minimum Gasteiger partial charge on any atom is -0.348 e. The molecule has 3 nitrogen and oxygen atoms in total. The number of rotatable bonds is 3. The Labute approximate surface area is 126 Å². The van der Waals surface area contributed by atoms with Gasteiger partial charge in [0.15, 0.2) is 0 Å². The molecule has 1 saturated carbocycles. The molecule has 4 heteroatoms. The lowest BCUT2D eigenvalue weighted by Gasteiger charge is -2.28. The van der Waals surface area contributed by atoms with Gasteiger partial charge in [-0.3, -0.25) is 4.79 Å². The zero-order chi connectivity index (χ0) is 14.8. The maximum Gasteiger partial charge on any atom is 0.270 e. The minimum absolute atomic E-state index is 0.00306. The van der Waals surface area contributed by atoms with E-state index >= 15 is 0 Å². The van der Waals surface area contributed by atoms with Crippen molar-refractivity contribution in [3.05, 3.63) is 16.1 Å². The summed E-state index contributed by atoms with van der Waals surface area (Å²) in [6.07, 6.45) is 5.97. The molecule has 1 heterocycles. The van der Waals surface area contributed by atoms with Gasteiger partial charge in [0.2, 0.25) is 0 Å². The van der Waals surface area contributed by atoms with Gasteiger partial charge in [-0.05, 0) is 31.6 Å². The van der Waals surface area contributed by atoms with Crippen LogP contribution in [0.5, 0.6) is 0 Å². The molecule has 1 fully saturated rings. The number of nitrogens with one attached hydrogen (secondary N) is 1. The van der Waals surface area contributed by atoms with Crippen LogP contribution in [-0.2, 0) is 5.41 Å². The van der Waals surface area contributed by atoms with Crippen molar-refractivity contribution in [3.63, 3.8) is 0 Å². The van der Waals surface area contributed by atoms with Gasteiger partial charge in [-0.15, -0.1) is 11.3 Å². The maximum absolute atomic E-state index is 12.2. The molecule has 0 saturated heterocycles. The van der Waals surface area contributed by atoms with Crippen molar-refractivity contribution in [3.8, 4) is 0 Å². The fourth-order valence-corrected chi connectivity index (χ4v) is 3.58. The molecule has 0 unspecified atom stereocenters. The van der Waals surface area contributed by atoms with Crippen LogP contribution in [0.15, 0.2) is 5.38 Å². The molecule has 2 rings (SSSR count). The number of thiazole rings is 1. The average molecular weight is 294 g/mol. The molecule has 1 aliphatic rings. The van der Waals surface area contributed by atoms with Gasteiger partial charge in [0.25, 0.3) is 5.91 Å². The van der Waals surface area contributed by atoms with Crippen LogP contribution in [0.3, 0.4) is 0 Å². The van der Waals surface area contributed by atoms with Gasteiger partial charge in [0, 0.05) is 16.8 Å². The summed E-state index contributed by atoms with van der Waals surface area (Å²) in [5.74, 6) is 0.853. The molecule has 0 aromatic carbocycles. The second-order valence-corrected chi connectivity index (χ2v) is 7.75. The summed E-state index contributed by atoms with van der Waals surface area (Å²) in [5.41, 5.74) is 0.597. The molecule has 1 aromatic rings. The van der Waals surface area contributed by atoms with Crippen molar-refractivity contribution in [2.24, 2.45) is 5.92 Å². The Bertz CT molecular complexity index is 453. The van der Waals surface area contributed by atoms with Crippen LogP contribution in [0.1, 0.15) is 75.3 Å². The first-order valence-electron chi connectivity index (χ1n) is 7.67. The minimum atomic E-state index is -0.00306. The predicted molar refractivity (Wildman–Crippen MR) is 84.3 cm³/mol. The largest absolute Gasteiger partial charge is 0.348 e. The molecule has 1 aliphatic carbocycles. The van der Waals surface area contributed by atoms with Crippen molar-refractivity contribution < 1.29 is 4.79 Å². The van der Waals surface area contributed by atoms with E-state index in [1.165, 1.54) is 19.3 Å². The quantitative estimate of drug-likeness (QED) is 0.910. The highest BCUT2D eigenvalue weighted by atomic mass is 32.1. The first-order chi connectivity index (χ1) is 9.40. The Kier molecular flexibility index (Phi) is 4.84. The first kappa shape index (κ1) is 15.5. The summed E-state index contributed by atoms with van der Waals surface area (Å²) >= 11 is 1.58.